The van der Waals surface area contributed by atoms with Gasteiger partial charge in [-0.2, -0.15) is 0 Å². The van der Waals surface area contributed by atoms with Crippen LogP contribution in [0, 0.1) is 13.8 Å². The molecule has 0 aliphatic carbocycles. The number of aromatic nitrogens is 2. The van der Waals surface area contributed by atoms with E-state index in [1.165, 1.54) is 0 Å². The quantitative estimate of drug-likeness (QED) is 0.0854. The molecule has 0 aliphatic rings. The first-order chi connectivity index (χ1) is 23.2. The molecule has 0 saturated carbocycles. The van der Waals surface area contributed by atoms with Gasteiger partial charge in [-0.3, -0.25) is 4.79 Å². The van der Waals surface area contributed by atoms with Gasteiger partial charge in [-0.05, 0) is 79.1 Å². The lowest BCUT2D eigenvalue weighted by molar-refractivity contribution is -0.137. The molecule has 0 spiro atoms. The molecule has 1 atom stereocenters. The maximum absolute atomic E-state index is 13.1. The molecule has 0 aliphatic heterocycles. The average molecular weight is 714 g/mol. The van der Waals surface area contributed by atoms with Crippen molar-refractivity contribution in [2.24, 2.45) is 7.05 Å². The first kappa shape index (κ1) is 37.3. The van der Waals surface area contributed by atoms with E-state index in [0.717, 1.165) is 45.0 Å². The molecular formula is C39H38Cl2N4O5. The number of carboxylic acid groups (broad SMARTS) is 1. The normalized spacial score (nSPS) is 11.2. The number of carbonyl (C=O) groups excluding carboxylic acids is 1. The monoisotopic (exact) mass is 712 g/mol. The molecular weight excluding hydrogens is 675 g/mol. The Bertz CT molecular complexity index is 2090. The lowest BCUT2D eigenvalue weighted by atomic mass is 10.00. The van der Waals surface area contributed by atoms with Crippen molar-refractivity contribution in [1.29, 1.82) is 0 Å². The van der Waals surface area contributed by atoms with Crippen LogP contribution in [-0.4, -0.2) is 32.5 Å². The van der Waals surface area contributed by atoms with Crippen LogP contribution in [0.2, 0.25) is 0 Å². The summed E-state index contributed by atoms with van der Waals surface area (Å²) in [5.74, 6) is 1.58. The number of carbonyl (C=O) groups is 2. The maximum Gasteiger partial charge on any atom is 0.326 e. The number of halogens is 2. The van der Waals surface area contributed by atoms with E-state index in [9.17, 15) is 14.7 Å². The smallest absolute Gasteiger partial charge is 0.326 e. The Morgan fingerprint density at radius 2 is 1.48 bits per heavy atom. The van der Waals surface area contributed by atoms with Gasteiger partial charge in [0.2, 0.25) is 0 Å². The van der Waals surface area contributed by atoms with Crippen molar-refractivity contribution >= 4 is 59.0 Å². The molecule has 258 valence electrons. The summed E-state index contributed by atoms with van der Waals surface area (Å²) in [7, 11) is 1.93. The third kappa shape index (κ3) is 8.37. The van der Waals surface area contributed by atoms with Crippen molar-refractivity contribution in [2.45, 2.75) is 32.9 Å². The van der Waals surface area contributed by atoms with Crippen molar-refractivity contribution in [2.75, 3.05) is 11.1 Å². The average Bonchev–Trinajstić information content (AvgIpc) is 3.41. The maximum atomic E-state index is 13.1. The van der Waals surface area contributed by atoms with Crippen molar-refractivity contribution in [1.82, 2.24) is 9.55 Å². The van der Waals surface area contributed by atoms with Crippen LogP contribution in [0.1, 0.15) is 38.4 Å². The molecule has 0 bridgehead atoms. The van der Waals surface area contributed by atoms with Crippen molar-refractivity contribution in [3.8, 4) is 17.2 Å². The summed E-state index contributed by atoms with van der Waals surface area (Å²) in [4.78, 5) is 30.1. The summed E-state index contributed by atoms with van der Waals surface area (Å²) >= 11 is 0. The molecule has 9 nitrogen and oxygen atoms in total. The summed E-state index contributed by atoms with van der Waals surface area (Å²) in [6.07, 6.45) is 0.203. The number of nitrogen functional groups attached to an aromatic ring is 1. The van der Waals surface area contributed by atoms with Gasteiger partial charge < -0.3 is 30.2 Å². The number of carboxylic acids is 1. The summed E-state index contributed by atoms with van der Waals surface area (Å²) in [5, 5.41) is 13.1. The van der Waals surface area contributed by atoms with Crippen LogP contribution < -0.4 is 20.5 Å². The number of nitrogens with one attached hydrogen (secondary N) is 1. The van der Waals surface area contributed by atoms with Gasteiger partial charge >= 0.3 is 5.97 Å². The van der Waals surface area contributed by atoms with E-state index in [0.29, 0.717) is 28.3 Å². The van der Waals surface area contributed by atoms with Gasteiger partial charge in [0.05, 0.1) is 11.0 Å². The lowest BCUT2D eigenvalue weighted by Gasteiger charge is -2.18. The molecule has 0 fully saturated rings. The predicted octanol–water partition coefficient (Wildman–Crippen LogP) is 8.33. The molecule has 1 heterocycles. The van der Waals surface area contributed by atoms with Crippen LogP contribution in [0.25, 0.3) is 11.0 Å². The van der Waals surface area contributed by atoms with Crippen LogP contribution >= 0.6 is 24.8 Å². The highest BCUT2D eigenvalue weighted by molar-refractivity contribution is 6.12. The summed E-state index contributed by atoms with van der Waals surface area (Å²) in [5.41, 5.74) is 12.7. The molecule has 0 saturated heterocycles. The zero-order valence-corrected chi connectivity index (χ0v) is 29.4. The summed E-state index contributed by atoms with van der Waals surface area (Å²) < 4.78 is 14.2. The topological polar surface area (TPSA) is 129 Å². The van der Waals surface area contributed by atoms with Crippen LogP contribution in [0.4, 0.5) is 11.4 Å². The number of benzene rings is 5. The van der Waals surface area contributed by atoms with E-state index in [4.69, 9.17) is 20.2 Å². The van der Waals surface area contributed by atoms with Gasteiger partial charge in [0, 0.05) is 42.0 Å². The predicted molar refractivity (Wildman–Crippen MR) is 201 cm³/mol. The number of imidazole rings is 1. The number of aliphatic carboxylic acids is 1. The Labute approximate surface area is 302 Å². The SMILES string of the molecule is Cc1cc(Oc2ccc3nc(COc4ccc(C[C@H](Nc5ccccc5C(=O)c5ccccc5)C(=O)O)cc4)n(C)c3c2)cc(C)c1N.Cl.Cl. The van der Waals surface area contributed by atoms with Crippen molar-refractivity contribution in [3.05, 3.63) is 143 Å². The Kier molecular flexibility index (Phi) is 12.1. The number of anilines is 2. The van der Waals surface area contributed by atoms with E-state index in [-0.39, 0.29) is 43.6 Å². The third-order valence-corrected chi connectivity index (χ3v) is 8.31. The Morgan fingerprint density at radius 1 is 0.840 bits per heavy atom. The van der Waals surface area contributed by atoms with Crippen LogP contribution in [0.15, 0.2) is 109 Å². The number of nitrogens with two attached hydrogens (primary N) is 1. The number of aryl methyl sites for hydroxylation is 3. The van der Waals surface area contributed by atoms with E-state index < -0.39 is 12.0 Å². The highest BCUT2D eigenvalue weighted by atomic mass is 35.5. The number of ether oxygens (including phenoxy) is 2. The van der Waals surface area contributed by atoms with Gasteiger partial charge in [0.15, 0.2) is 5.78 Å². The van der Waals surface area contributed by atoms with Gasteiger partial charge in [-0.15, -0.1) is 24.8 Å². The van der Waals surface area contributed by atoms with Gasteiger partial charge in [0.1, 0.15) is 35.7 Å². The fourth-order valence-electron chi connectivity index (χ4n) is 5.59. The van der Waals surface area contributed by atoms with E-state index in [1.807, 2.05) is 86.1 Å². The second-order valence-electron chi connectivity index (χ2n) is 11.7. The van der Waals surface area contributed by atoms with Crippen LogP contribution in [0.3, 0.4) is 0 Å². The van der Waals surface area contributed by atoms with Gasteiger partial charge in [-0.25, -0.2) is 9.78 Å². The standard InChI is InChI=1S/C39H36N4O5.2ClH/c1-24-19-30(20-25(2)37(24)40)48-29-17-18-33-35(22-29)43(3)36(42-33)23-47-28-15-13-26(14-16-28)21-34(39(45)46)41-32-12-8-7-11-31(32)38(44)27-9-5-4-6-10-27;;/h4-20,22,34,41H,21,23,40H2,1-3H3,(H,45,46);2*1H/t34-;;/m0../s1. The second kappa shape index (κ2) is 16.3. The lowest BCUT2D eigenvalue weighted by Crippen LogP contribution is -2.32. The Hall–Kier alpha value is -5.51. The molecule has 0 amide bonds. The molecule has 1 aromatic heterocycles. The minimum atomic E-state index is -1.02. The molecule has 11 heteroatoms. The number of hydrogen-bond donors (Lipinski definition) is 3. The van der Waals surface area contributed by atoms with Crippen LogP contribution in [0.5, 0.6) is 17.2 Å². The van der Waals surface area contributed by atoms with E-state index in [2.05, 4.69) is 5.32 Å². The largest absolute Gasteiger partial charge is 0.486 e. The fourth-order valence-corrected chi connectivity index (χ4v) is 5.59. The highest BCUT2D eigenvalue weighted by Gasteiger charge is 2.21. The molecule has 0 radical (unpaired) electrons. The number of fused-ring (bicyclic) bond motifs is 1. The first-order valence-electron chi connectivity index (χ1n) is 15.6. The van der Waals surface area contributed by atoms with E-state index >= 15 is 0 Å². The number of nitrogens with zero attached hydrogens (tertiary/aromatic N) is 2. The Balaban J connectivity index is 0.00000281. The number of hydrogen-bond acceptors (Lipinski definition) is 7. The zero-order chi connectivity index (χ0) is 33.8. The fraction of sp³-hybridized carbons (Fsp3) is 0.154. The number of rotatable bonds is 12. The van der Waals surface area contributed by atoms with E-state index in [1.54, 1.807) is 48.5 Å². The molecule has 4 N–H and O–H groups in total. The van der Waals surface area contributed by atoms with Crippen molar-refractivity contribution in [3.63, 3.8) is 0 Å². The number of para-hydroxylation sites is 1. The minimum Gasteiger partial charge on any atom is -0.486 e. The molecule has 0 unspecified atom stereocenters. The minimum absolute atomic E-state index is 0. The molecule has 5 aromatic carbocycles. The molecule has 50 heavy (non-hydrogen) atoms. The summed E-state index contributed by atoms with van der Waals surface area (Å²) in [6.45, 7) is 4.16. The number of ketones is 1. The molecule has 6 aromatic rings. The van der Waals surface area contributed by atoms with Crippen LogP contribution in [-0.2, 0) is 24.9 Å². The first-order valence-corrected chi connectivity index (χ1v) is 15.6. The zero-order valence-electron chi connectivity index (χ0n) is 27.8. The third-order valence-electron chi connectivity index (χ3n) is 8.31. The van der Waals surface area contributed by atoms with Crippen molar-refractivity contribution < 1.29 is 24.2 Å². The highest BCUT2D eigenvalue weighted by Crippen LogP contribution is 2.30. The van der Waals surface area contributed by atoms with Gasteiger partial charge in [-0.1, -0.05) is 54.6 Å². The Morgan fingerprint density at radius 3 is 2.16 bits per heavy atom. The molecule has 6 rings (SSSR count). The van der Waals surface area contributed by atoms with Gasteiger partial charge in [0.25, 0.3) is 0 Å². The summed E-state index contributed by atoms with van der Waals surface area (Å²) in [6, 6.07) is 31.8. The second-order valence-corrected chi connectivity index (χ2v) is 11.7.